The van der Waals surface area contributed by atoms with Gasteiger partial charge in [0.05, 0.1) is 17.3 Å². The van der Waals surface area contributed by atoms with Crippen molar-refractivity contribution in [2.45, 2.75) is 6.54 Å². The van der Waals surface area contributed by atoms with Crippen molar-refractivity contribution in [1.29, 1.82) is 0 Å². The molecular formula is C19H17Cl2N3O7. The zero-order chi connectivity index (χ0) is 22.7. The van der Waals surface area contributed by atoms with Crippen LogP contribution in [0.2, 0.25) is 10.0 Å². The molecule has 0 bridgehead atoms. The predicted octanol–water partition coefficient (Wildman–Crippen LogP) is 2.23. The number of carbonyl (C=O) groups is 3. The number of nitrogens with zero attached hydrogens (tertiary/aromatic N) is 2. The molecule has 4 N–H and O–H groups in total. The third kappa shape index (κ3) is 5.17. The first kappa shape index (κ1) is 22.6. The third-order valence-electron chi connectivity index (χ3n) is 4.41. The van der Waals surface area contributed by atoms with E-state index in [-0.39, 0.29) is 57.0 Å². The maximum absolute atomic E-state index is 11.6. The molecule has 10 nitrogen and oxygen atoms in total. The Kier molecular flexibility index (Phi) is 6.86. The normalized spacial score (nSPS) is 14.1. The van der Waals surface area contributed by atoms with Crippen LogP contribution in [-0.4, -0.2) is 57.7 Å². The Hall–Kier alpha value is -3.05. The molecule has 0 atom stereocenters. The fraction of sp³-hybridized carbons (Fsp3) is 0.211. The predicted molar refractivity (Wildman–Crippen MR) is 110 cm³/mol. The highest BCUT2D eigenvalue weighted by Gasteiger charge is 2.26. The van der Waals surface area contributed by atoms with E-state index in [1.54, 1.807) is 0 Å². The lowest BCUT2D eigenvalue weighted by Gasteiger charge is -2.26. The Morgan fingerprint density at radius 3 is 2.65 bits per heavy atom. The molecule has 2 aromatic carbocycles. The highest BCUT2D eigenvalue weighted by Crippen LogP contribution is 2.42. The molecule has 0 radical (unpaired) electrons. The van der Waals surface area contributed by atoms with Gasteiger partial charge in [-0.3, -0.25) is 19.7 Å². The van der Waals surface area contributed by atoms with Crippen molar-refractivity contribution >= 4 is 46.7 Å². The Labute approximate surface area is 186 Å². The first-order chi connectivity index (χ1) is 14.7. The summed E-state index contributed by atoms with van der Waals surface area (Å²) in [5.74, 6) is -3.52. The third-order valence-corrected chi connectivity index (χ3v) is 5.08. The van der Waals surface area contributed by atoms with E-state index in [4.69, 9.17) is 33.0 Å². The summed E-state index contributed by atoms with van der Waals surface area (Å²) in [5.41, 5.74) is 0.146. The van der Waals surface area contributed by atoms with E-state index in [1.807, 2.05) is 4.90 Å². The van der Waals surface area contributed by atoms with Gasteiger partial charge in [0, 0.05) is 25.2 Å². The van der Waals surface area contributed by atoms with Crippen molar-refractivity contribution < 1.29 is 34.5 Å². The molecule has 1 heterocycles. The number of hydrogen-bond donors (Lipinski definition) is 4. The molecule has 1 fully saturated rings. The van der Waals surface area contributed by atoms with E-state index in [2.05, 4.69) is 5.32 Å². The highest BCUT2D eigenvalue weighted by molar-refractivity contribution is 6.41. The van der Waals surface area contributed by atoms with Crippen LogP contribution in [0.25, 0.3) is 0 Å². The smallest absolute Gasteiger partial charge is 0.397 e. The minimum atomic E-state index is -1.88. The molecule has 1 aliphatic heterocycles. The molecule has 2 aromatic rings. The number of benzene rings is 2. The number of nitrogens with one attached hydrogen (secondary N) is 1. The fourth-order valence-electron chi connectivity index (χ4n) is 2.92. The molecule has 31 heavy (non-hydrogen) atoms. The SMILES string of the molecule is O=C1CN(Cc2cc(Oc3c(Cl)ccc(N(O)C(=O)C(=O)O)c3Cl)ccc2O)CCN1. The molecule has 3 rings (SSSR count). The van der Waals surface area contributed by atoms with Gasteiger partial charge in [-0.05, 0) is 30.3 Å². The van der Waals surface area contributed by atoms with Gasteiger partial charge in [-0.1, -0.05) is 23.2 Å². The molecule has 0 saturated carbocycles. The standard InChI is InChI=1S/C19H17Cl2N3O7/c20-12-2-3-13(24(30)18(27)19(28)29)16(21)17(12)31-11-1-4-14(25)10(7-11)8-23-6-5-22-15(26)9-23/h1-4,7,25,30H,5-6,8-9H2,(H,22,26)(H,28,29). The second-order valence-electron chi connectivity index (χ2n) is 6.58. The van der Waals surface area contributed by atoms with E-state index in [0.29, 0.717) is 18.7 Å². The van der Waals surface area contributed by atoms with Gasteiger partial charge < -0.3 is 20.3 Å². The van der Waals surface area contributed by atoms with E-state index in [1.165, 1.54) is 24.3 Å². The Morgan fingerprint density at radius 2 is 1.97 bits per heavy atom. The summed E-state index contributed by atoms with van der Waals surface area (Å²) in [6.45, 7) is 1.59. The first-order valence-corrected chi connectivity index (χ1v) is 9.66. The number of aliphatic carboxylic acids is 1. The van der Waals surface area contributed by atoms with Gasteiger partial charge in [-0.15, -0.1) is 0 Å². The van der Waals surface area contributed by atoms with Crippen molar-refractivity contribution in [1.82, 2.24) is 10.2 Å². The lowest BCUT2D eigenvalue weighted by molar-refractivity contribution is -0.151. The molecule has 1 saturated heterocycles. The quantitative estimate of drug-likeness (QED) is 0.297. The number of halogens is 2. The van der Waals surface area contributed by atoms with Gasteiger partial charge >= 0.3 is 11.9 Å². The van der Waals surface area contributed by atoms with Crippen LogP contribution < -0.4 is 15.1 Å². The fourth-order valence-corrected chi connectivity index (χ4v) is 3.44. The van der Waals surface area contributed by atoms with E-state index in [9.17, 15) is 24.7 Å². The number of aromatic hydroxyl groups is 1. The largest absolute Gasteiger partial charge is 0.508 e. The number of hydroxylamine groups is 1. The Bertz CT molecular complexity index is 1050. The van der Waals surface area contributed by atoms with Crippen molar-refractivity contribution in [2.75, 3.05) is 24.7 Å². The molecule has 0 spiro atoms. The van der Waals surface area contributed by atoms with E-state index >= 15 is 0 Å². The topological polar surface area (TPSA) is 140 Å². The van der Waals surface area contributed by atoms with Gasteiger partial charge in [0.2, 0.25) is 5.91 Å². The van der Waals surface area contributed by atoms with Crippen LogP contribution in [-0.2, 0) is 20.9 Å². The number of ether oxygens (including phenoxy) is 1. The number of phenolic OH excluding ortho intramolecular Hbond substituents is 1. The minimum Gasteiger partial charge on any atom is -0.508 e. The van der Waals surface area contributed by atoms with Crippen molar-refractivity contribution in [3.63, 3.8) is 0 Å². The summed E-state index contributed by atoms with van der Waals surface area (Å²) < 4.78 is 5.71. The molecule has 1 aliphatic rings. The molecule has 2 amide bonds. The van der Waals surface area contributed by atoms with Crippen LogP contribution >= 0.6 is 23.2 Å². The maximum Gasteiger partial charge on any atom is 0.397 e. The number of rotatable bonds is 5. The number of phenols is 1. The number of anilines is 1. The van der Waals surface area contributed by atoms with Gasteiger partial charge in [0.1, 0.15) is 16.5 Å². The second-order valence-corrected chi connectivity index (χ2v) is 7.37. The zero-order valence-corrected chi connectivity index (χ0v) is 17.4. The molecule has 12 heteroatoms. The minimum absolute atomic E-state index is 0.00198. The maximum atomic E-state index is 11.6. The zero-order valence-electron chi connectivity index (χ0n) is 15.8. The van der Waals surface area contributed by atoms with Gasteiger partial charge in [0.25, 0.3) is 0 Å². The molecular weight excluding hydrogens is 453 g/mol. The summed E-state index contributed by atoms with van der Waals surface area (Å²) in [6.07, 6.45) is 0. The average molecular weight is 470 g/mol. The summed E-state index contributed by atoms with van der Waals surface area (Å²) in [5, 5.41) is 31.1. The summed E-state index contributed by atoms with van der Waals surface area (Å²) in [6, 6.07) is 6.79. The number of carboxylic acids is 1. The van der Waals surface area contributed by atoms with Crippen LogP contribution in [0.15, 0.2) is 30.3 Å². The lowest BCUT2D eigenvalue weighted by Crippen LogP contribution is -2.47. The van der Waals surface area contributed by atoms with Crippen LogP contribution in [0.5, 0.6) is 17.2 Å². The van der Waals surface area contributed by atoms with Crippen molar-refractivity contribution in [3.8, 4) is 17.2 Å². The summed E-state index contributed by atoms with van der Waals surface area (Å²) in [4.78, 5) is 35.7. The monoisotopic (exact) mass is 469 g/mol. The van der Waals surface area contributed by atoms with Gasteiger partial charge in [-0.25, -0.2) is 4.79 Å². The molecule has 0 unspecified atom stereocenters. The second kappa shape index (κ2) is 9.40. The Balaban J connectivity index is 1.87. The van der Waals surface area contributed by atoms with Crippen molar-refractivity contribution in [2.24, 2.45) is 0 Å². The van der Waals surface area contributed by atoms with Crippen LogP contribution in [0, 0.1) is 0 Å². The molecule has 0 aliphatic carbocycles. The number of carbonyl (C=O) groups excluding carboxylic acids is 2. The van der Waals surface area contributed by atoms with Gasteiger partial charge in [0.15, 0.2) is 5.75 Å². The number of amides is 2. The van der Waals surface area contributed by atoms with Gasteiger partial charge in [-0.2, -0.15) is 5.06 Å². The molecule has 0 aromatic heterocycles. The molecule has 164 valence electrons. The lowest BCUT2D eigenvalue weighted by atomic mass is 10.1. The van der Waals surface area contributed by atoms with Crippen LogP contribution in [0.4, 0.5) is 5.69 Å². The van der Waals surface area contributed by atoms with Crippen LogP contribution in [0.1, 0.15) is 5.56 Å². The number of carboxylic acid groups (broad SMARTS) is 1. The number of hydrogen-bond acceptors (Lipinski definition) is 7. The summed E-state index contributed by atoms with van der Waals surface area (Å²) >= 11 is 12.3. The van der Waals surface area contributed by atoms with Crippen molar-refractivity contribution in [3.05, 3.63) is 45.9 Å². The highest BCUT2D eigenvalue weighted by atomic mass is 35.5. The first-order valence-electron chi connectivity index (χ1n) is 8.90. The average Bonchev–Trinajstić information content (AvgIpc) is 2.72. The van der Waals surface area contributed by atoms with Crippen LogP contribution in [0.3, 0.4) is 0 Å². The summed E-state index contributed by atoms with van der Waals surface area (Å²) in [7, 11) is 0. The van der Waals surface area contributed by atoms with E-state index in [0.717, 1.165) is 6.07 Å². The number of piperazine rings is 1. The van der Waals surface area contributed by atoms with E-state index < -0.39 is 11.9 Å². The Morgan fingerprint density at radius 1 is 1.23 bits per heavy atom.